The first-order chi connectivity index (χ1) is 9.58. The molecule has 0 aliphatic heterocycles. The number of carbonyl (C=O) groups excluding carboxylic acids is 1. The maximum atomic E-state index is 11.5. The molecular formula is C15H27N3O2. The van der Waals surface area contributed by atoms with Crippen molar-refractivity contribution in [1.82, 2.24) is 0 Å². The summed E-state index contributed by atoms with van der Waals surface area (Å²) in [5.41, 5.74) is -0.921. The van der Waals surface area contributed by atoms with Crippen LogP contribution in [0.15, 0.2) is 10.2 Å². The van der Waals surface area contributed by atoms with Crippen molar-refractivity contribution in [2.75, 3.05) is 13.2 Å². The molecule has 0 aliphatic carbocycles. The zero-order valence-corrected chi connectivity index (χ0v) is 13.0. The molecule has 5 heteroatoms. The Kier molecular flexibility index (Phi) is 10.6. The standard InChI is InChI=1S/C15H27N3O2/c1-4-6-8-11-17-18-15(3,13-16)10-9-14(19)20-12-7-5-2/h4-12H2,1-3H3. The molecular weight excluding hydrogens is 254 g/mol. The number of nitriles is 1. The first-order valence-corrected chi connectivity index (χ1v) is 7.53. The van der Waals surface area contributed by atoms with Crippen LogP contribution in [0, 0.1) is 11.3 Å². The zero-order valence-electron chi connectivity index (χ0n) is 13.0. The highest BCUT2D eigenvalue weighted by Crippen LogP contribution is 2.18. The minimum Gasteiger partial charge on any atom is -0.466 e. The molecule has 1 atom stereocenters. The van der Waals surface area contributed by atoms with Gasteiger partial charge in [-0.15, -0.1) is 0 Å². The molecule has 0 aliphatic rings. The van der Waals surface area contributed by atoms with Crippen molar-refractivity contribution in [3.8, 4) is 6.07 Å². The fraction of sp³-hybridized carbons (Fsp3) is 0.867. The van der Waals surface area contributed by atoms with Crippen molar-refractivity contribution < 1.29 is 9.53 Å². The highest BCUT2D eigenvalue weighted by Gasteiger charge is 2.24. The second kappa shape index (κ2) is 11.4. The highest BCUT2D eigenvalue weighted by atomic mass is 16.5. The van der Waals surface area contributed by atoms with Crippen LogP contribution in [0.3, 0.4) is 0 Å². The van der Waals surface area contributed by atoms with Gasteiger partial charge in [0.15, 0.2) is 5.54 Å². The summed E-state index contributed by atoms with van der Waals surface area (Å²) in [5, 5.41) is 17.3. The van der Waals surface area contributed by atoms with Crippen molar-refractivity contribution in [3.05, 3.63) is 0 Å². The summed E-state index contributed by atoms with van der Waals surface area (Å²) in [4.78, 5) is 11.5. The summed E-state index contributed by atoms with van der Waals surface area (Å²) in [7, 11) is 0. The van der Waals surface area contributed by atoms with Gasteiger partial charge in [-0.2, -0.15) is 15.5 Å². The number of carbonyl (C=O) groups is 1. The largest absolute Gasteiger partial charge is 0.466 e. The van der Waals surface area contributed by atoms with Gasteiger partial charge in [0, 0.05) is 6.42 Å². The van der Waals surface area contributed by atoms with Crippen LogP contribution in [0.5, 0.6) is 0 Å². The van der Waals surface area contributed by atoms with E-state index >= 15 is 0 Å². The molecule has 0 spiro atoms. The molecule has 0 bridgehead atoms. The maximum absolute atomic E-state index is 11.5. The summed E-state index contributed by atoms with van der Waals surface area (Å²) >= 11 is 0. The fourth-order valence-corrected chi connectivity index (χ4v) is 1.51. The molecule has 0 N–H and O–H groups in total. The van der Waals surface area contributed by atoms with Gasteiger partial charge in [-0.05, 0) is 26.2 Å². The van der Waals surface area contributed by atoms with Crippen LogP contribution in [0.25, 0.3) is 0 Å². The number of hydrogen-bond donors (Lipinski definition) is 0. The van der Waals surface area contributed by atoms with Gasteiger partial charge in [0.05, 0.1) is 19.2 Å². The Labute approximate surface area is 122 Å². The number of azo groups is 1. The minimum atomic E-state index is -0.921. The van der Waals surface area contributed by atoms with Crippen LogP contribution in [0.1, 0.15) is 65.7 Å². The smallest absolute Gasteiger partial charge is 0.305 e. The molecule has 114 valence electrons. The second-order valence-electron chi connectivity index (χ2n) is 5.13. The fourth-order valence-electron chi connectivity index (χ4n) is 1.51. The van der Waals surface area contributed by atoms with E-state index in [1.807, 2.05) is 6.92 Å². The number of rotatable bonds is 11. The molecule has 0 aromatic rings. The van der Waals surface area contributed by atoms with Gasteiger partial charge in [-0.1, -0.05) is 33.1 Å². The van der Waals surface area contributed by atoms with Crippen LogP contribution in [0.4, 0.5) is 0 Å². The topological polar surface area (TPSA) is 74.8 Å². The van der Waals surface area contributed by atoms with Crippen LogP contribution in [0.2, 0.25) is 0 Å². The van der Waals surface area contributed by atoms with Crippen molar-refractivity contribution in [2.45, 2.75) is 71.3 Å². The molecule has 0 radical (unpaired) electrons. The molecule has 0 heterocycles. The van der Waals surface area contributed by atoms with Crippen LogP contribution < -0.4 is 0 Å². The van der Waals surface area contributed by atoms with E-state index in [1.165, 1.54) is 0 Å². The predicted molar refractivity (Wildman–Crippen MR) is 78.4 cm³/mol. The lowest BCUT2D eigenvalue weighted by Crippen LogP contribution is -2.21. The van der Waals surface area contributed by atoms with Crippen LogP contribution >= 0.6 is 0 Å². The molecule has 20 heavy (non-hydrogen) atoms. The van der Waals surface area contributed by atoms with Crippen molar-refractivity contribution in [3.63, 3.8) is 0 Å². The summed E-state index contributed by atoms with van der Waals surface area (Å²) in [5.74, 6) is -0.263. The quantitative estimate of drug-likeness (QED) is 0.326. The summed E-state index contributed by atoms with van der Waals surface area (Å²) in [6, 6.07) is 2.12. The Morgan fingerprint density at radius 3 is 2.55 bits per heavy atom. The lowest BCUT2D eigenvalue weighted by Gasteiger charge is -2.14. The third-order valence-corrected chi connectivity index (χ3v) is 2.97. The van der Waals surface area contributed by atoms with E-state index in [0.717, 1.165) is 32.1 Å². The minimum absolute atomic E-state index is 0.210. The number of esters is 1. The third kappa shape index (κ3) is 9.48. The first kappa shape index (κ1) is 18.6. The molecule has 1 unspecified atom stereocenters. The predicted octanol–water partition coefficient (Wildman–Crippen LogP) is 4.03. The lowest BCUT2D eigenvalue weighted by molar-refractivity contribution is -0.144. The van der Waals surface area contributed by atoms with E-state index in [9.17, 15) is 4.79 Å². The Morgan fingerprint density at radius 1 is 1.25 bits per heavy atom. The highest BCUT2D eigenvalue weighted by molar-refractivity contribution is 5.69. The first-order valence-electron chi connectivity index (χ1n) is 7.53. The summed E-state index contributed by atoms with van der Waals surface area (Å²) < 4.78 is 5.06. The molecule has 0 amide bonds. The normalized spacial score (nSPS) is 13.9. The maximum Gasteiger partial charge on any atom is 0.305 e. The molecule has 0 saturated heterocycles. The van der Waals surface area contributed by atoms with Gasteiger partial charge >= 0.3 is 5.97 Å². The van der Waals surface area contributed by atoms with Gasteiger partial charge in [0.1, 0.15) is 0 Å². The number of nitrogens with zero attached hydrogens (tertiary/aromatic N) is 3. The van der Waals surface area contributed by atoms with Gasteiger partial charge < -0.3 is 4.74 Å². The average Bonchev–Trinajstić information content (AvgIpc) is 2.45. The summed E-state index contributed by atoms with van der Waals surface area (Å²) in [6.45, 7) is 6.97. The molecule has 0 rings (SSSR count). The zero-order chi connectivity index (χ0) is 15.3. The lowest BCUT2D eigenvalue weighted by atomic mass is 9.99. The molecule has 0 aromatic heterocycles. The van der Waals surface area contributed by atoms with Gasteiger partial charge in [0.25, 0.3) is 0 Å². The number of ether oxygens (including phenoxy) is 1. The van der Waals surface area contributed by atoms with E-state index in [1.54, 1.807) is 6.92 Å². The van der Waals surface area contributed by atoms with E-state index in [0.29, 0.717) is 19.6 Å². The Morgan fingerprint density at radius 2 is 1.95 bits per heavy atom. The Bertz CT molecular complexity index is 337. The monoisotopic (exact) mass is 281 g/mol. The molecule has 5 nitrogen and oxygen atoms in total. The van der Waals surface area contributed by atoms with E-state index < -0.39 is 5.54 Å². The Balaban J connectivity index is 4.04. The molecule has 0 saturated carbocycles. The van der Waals surface area contributed by atoms with Crippen LogP contribution in [-0.2, 0) is 9.53 Å². The van der Waals surface area contributed by atoms with Gasteiger partial charge in [-0.25, -0.2) is 0 Å². The number of unbranched alkanes of at least 4 members (excludes halogenated alkanes) is 3. The van der Waals surface area contributed by atoms with Gasteiger partial charge in [0.2, 0.25) is 0 Å². The second-order valence-corrected chi connectivity index (χ2v) is 5.13. The van der Waals surface area contributed by atoms with Crippen LogP contribution in [-0.4, -0.2) is 24.7 Å². The number of hydrogen-bond acceptors (Lipinski definition) is 5. The summed E-state index contributed by atoms with van der Waals surface area (Å²) in [6.07, 6.45) is 5.67. The Hall–Kier alpha value is -1.44. The van der Waals surface area contributed by atoms with Crippen molar-refractivity contribution in [2.24, 2.45) is 10.2 Å². The average molecular weight is 281 g/mol. The SMILES string of the molecule is CCCCCN=NC(C)(C#N)CCC(=O)OCCCC. The van der Waals surface area contributed by atoms with E-state index in [-0.39, 0.29) is 12.4 Å². The van der Waals surface area contributed by atoms with Gasteiger partial charge in [-0.3, -0.25) is 4.79 Å². The van der Waals surface area contributed by atoms with Crippen molar-refractivity contribution in [1.29, 1.82) is 5.26 Å². The van der Waals surface area contributed by atoms with E-state index in [4.69, 9.17) is 10.00 Å². The molecule has 0 fully saturated rings. The molecule has 0 aromatic carbocycles. The van der Waals surface area contributed by atoms with E-state index in [2.05, 4.69) is 23.2 Å². The van der Waals surface area contributed by atoms with Crippen molar-refractivity contribution >= 4 is 5.97 Å². The third-order valence-electron chi connectivity index (χ3n) is 2.97.